The number of aliphatic hydroxyl groups is 2. The lowest BCUT2D eigenvalue weighted by Crippen LogP contribution is -2.23. The van der Waals surface area contributed by atoms with Gasteiger partial charge < -0.3 is 14.9 Å². The molecule has 2 rings (SSSR count). The number of aliphatic hydroxyl groups excluding tert-OH is 2. The first-order valence-corrected chi connectivity index (χ1v) is 7.72. The largest absolute Gasteiger partial charge is 0.396 e. The van der Waals surface area contributed by atoms with Crippen molar-refractivity contribution in [2.45, 2.75) is 31.5 Å². The smallest absolute Gasteiger partial charge is 0.0860 e. The minimum atomic E-state index is -0.258. The number of rotatable bonds is 3. The highest BCUT2D eigenvalue weighted by Crippen LogP contribution is 2.34. The van der Waals surface area contributed by atoms with Gasteiger partial charge in [0.05, 0.1) is 12.2 Å². The highest BCUT2D eigenvalue weighted by atomic mass is 79.9. The molecule has 0 aliphatic carbocycles. The Kier molecular flexibility index (Phi) is 8.41. The minimum absolute atomic E-state index is 0.0274. The van der Waals surface area contributed by atoms with Crippen LogP contribution in [0, 0.1) is 0 Å². The van der Waals surface area contributed by atoms with E-state index in [1.54, 1.807) is 6.08 Å². The van der Waals surface area contributed by atoms with Crippen LogP contribution in [0.3, 0.4) is 0 Å². The van der Waals surface area contributed by atoms with Crippen molar-refractivity contribution in [3.05, 3.63) is 45.9 Å². The molecule has 2 atom stereocenters. The Balaban J connectivity index is 0.000000347. The van der Waals surface area contributed by atoms with Gasteiger partial charge >= 0.3 is 0 Å². The first-order chi connectivity index (χ1) is 9.58. The molecule has 5 heteroatoms. The van der Waals surface area contributed by atoms with Gasteiger partial charge in [-0.1, -0.05) is 39.7 Å². The lowest BCUT2D eigenvalue weighted by atomic mass is 9.99. The second-order valence-corrected chi connectivity index (χ2v) is 5.80. The van der Waals surface area contributed by atoms with Gasteiger partial charge in [0, 0.05) is 29.1 Å². The molecule has 0 radical (unpaired) electrons. The lowest BCUT2D eigenvalue weighted by Gasteiger charge is -2.27. The summed E-state index contributed by atoms with van der Waals surface area (Å²) >= 11 is 9.32. The third kappa shape index (κ3) is 5.94. The number of halogens is 2. The second kappa shape index (κ2) is 9.53. The molecular formula is C15H20BrClO3. The molecule has 2 unspecified atom stereocenters. The average molecular weight is 364 g/mol. The second-order valence-electron chi connectivity index (χ2n) is 4.50. The lowest BCUT2D eigenvalue weighted by molar-refractivity contribution is -0.0450. The monoisotopic (exact) mass is 362 g/mol. The van der Waals surface area contributed by atoms with Gasteiger partial charge in [0.25, 0.3) is 0 Å². The van der Waals surface area contributed by atoms with E-state index in [-0.39, 0.29) is 18.8 Å². The fourth-order valence-electron chi connectivity index (χ4n) is 1.85. The van der Waals surface area contributed by atoms with Crippen LogP contribution in [-0.4, -0.2) is 29.5 Å². The van der Waals surface area contributed by atoms with Crippen molar-refractivity contribution >= 4 is 27.5 Å². The Morgan fingerprint density at radius 2 is 2.25 bits per heavy atom. The SMILES string of the molecule is C=CCCO.OC1CCOC(c2ccc(Cl)cc2Br)C1. The first-order valence-electron chi connectivity index (χ1n) is 6.54. The van der Waals surface area contributed by atoms with Crippen LogP contribution in [0.5, 0.6) is 0 Å². The normalized spacial score (nSPS) is 21.8. The summed E-state index contributed by atoms with van der Waals surface area (Å²) in [6.07, 6.45) is 3.48. The van der Waals surface area contributed by atoms with Crippen molar-refractivity contribution in [2.24, 2.45) is 0 Å². The zero-order chi connectivity index (χ0) is 15.0. The summed E-state index contributed by atoms with van der Waals surface area (Å²) in [5.41, 5.74) is 1.05. The molecule has 0 saturated carbocycles. The molecule has 1 aliphatic rings. The molecule has 0 spiro atoms. The van der Waals surface area contributed by atoms with E-state index >= 15 is 0 Å². The number of hydrogen-bond acceptors (Lipinski definition) is 3. The van der Waals surface area contributed by atoms with Crippen LogP contribution >= 0.6 is 27.5 Å². The number of ether oxygens (including phenoxy) is 1. The Hall–Kier alpha value is -0.390. The molecule has 112 valence electrons. The van der Waals surface area contributed by atoms with Crippen LogP contribution in [0.1, 0.15) is 30.9 Å². The Morgan fingerprint density at radius 1 is 1.50 bits per heavy atom. The summed E-state index contributed by atoms with van der Waals surface area (Å²) in [7, 11) is 0. The maximum atomic E-state index is 9.57. The van der Waals surface area contributed by atoms with Gasteiger partial charge in [-0.2, -0.15) is 0 Å². The van der Waals surface area contributed by atoms with Gasteiger partial charge in [0.1, 0.15) is 0 Å². The fraction of sp³-hybridized carbons (Fsp3) is 0.467. The topological polar surface area (TPSA) is 49.7 Å². The van der Waals surface area contributed by atoms with Crippen LogP contribution < -0.4 is 0 Å². The third-order valence-electron chi connectivity index (χ3n) is 2.90. The predicted molar refractivity (Wildman–Crippen MR) is 85.0 cm³/mol. The molecule has 2 N–H and O–H groups in total. The van der Waals surface area contributed by atoms with Crippen molar-refractivity contribution in [3.8, 4) is 0 Å². The summed E-state index contributed by atoms with van der Waals surface area (Å²) < 4.78 is 6.56. The Bertz CT molecular complexity index is 426. The Morgan fingerprint density at radius 3 is 2.75 bits per heavy atom. The van der Waals surface area contributed by atoms with Crippen LogP contribution in [0.25, 0.3) is 0 Å². The molecule has 1 heterocycles. The van der Waals surface area contributed by atoms with Crippen molar-refractivity contribution in [1.29, 1.82) is 0 Å². The molecule has 1 aromatic rings. The van der Waals surface area contributed by atoms with Gasteiger partial charge in [0.2, 0.25) is 0 Å². The van der Waals surface area contributed by atoms with Crippen LogP contribution in [0.2, 0.25) is 5.02 Å². The first kappa shape index (κ1) is 17.7. The maximum Gasteiger partial charge on any atom is 0.0860 e. The number of hydrogen-bond donors (Lipinski definition) is 2. The van der Waals surface area contributed by atoms with E-state index in [1.165, 1.54) is 0 Å². The average Bonchev–Trinajstić information content (AvgIpc) is 2.40. The van der Waals surface area contributed by atoms with E-state index in [2.05, 4.69) is 22.5 Å². The molecule has 1 saturated heterocycles. The summed E-state index contributed by atoms with van der Waals surface area (Å²) in [5.74, 6) is 0. The van der Waals surface area contributed by atoms with Gasteiger partial charge in [0.15, 0.2) is 0 Å². The molecule has 1 aromatic carbocycles. The predicted octanol–water partition coefficient (Wildman–Crippen LogP) is 3.87. The van der Waals surface area contributed by atoms with Crippen molar-refractivity contribution < 1.29 is 14.9 Å². The quantitative estimate of drug-likeness (QED) is 0.802. The van der Waals surface area contributed by atoms with Crippen molar-refractivity contribution in [1.82, 2.24) is 0 Å². The van der Waals surface area contributed by atoms with E-state index in [0.717, 1.165) is 16.5 Å². The van der Waals surface area contributed by atoms with Crippen LogP contribution in [0.15, 0.2) is 35.3 Å². The summed E-state index contributed by atoms with van der Waals surface area (Å²) in [4.78, 5) is 0. The minimum Gasteiger partial charge on any atom is -0.396 e. The molecule has 0 bridgehead atoms. The maximum absolute atomic E-state index is 9.57. The summed E-state index contributed by atoms with van der Waals surface area (Å²) in [6.45, 7) is 4.23. The molecule has 20 heavy (non-hydrogen) atoms. The van der Waals surface area contributed by atoms with E-state index in [0.29, 0.717) is 24.5 Å². The van der Waals surface area contributed by atoms with Gasteiger partial charge in [-0.15, -0.1) is 6.58 Å². The van der Waals surface area contributed by atoms with Gasteiger partial charge in [-0.3, -0.25) is 0 Å². The molecule has 1 aliphatic heterocycles. The molecule has 3 nitrogen and oxygen atoms in total. The highest BCUT2D eigenvalue weighted by Gasteiger charge is 2.23. The number of benzene rings is 1. The van der Waals surface area contributed by atoms with E-state index in [1.807, 2.05) is 18.2 Å². The summed E-state index contributed by atoms with van der Waals surface area (Å²) in [6, 6.07) is 5.63. The molecule has 0 amide bonds. The summed E-state index contributed by atoms with van der Waals surface area (Å²) in [5, 5.41) is 18.3. The van der Waals surface area contributed by atoms with Gasteiger partial charge in [-0.25, -0.2) is 0 Å². The van der Waals surface area contributed by atoms with E-state index < -0.39 is 0 Å². The van der Waals surface area contributed by atoms with Crippen molar-refractivity contribution in [2.75, 3.05) is 13.2 Å². The van der Waals surface area contributed by atoms with Gasteiger partial charge in [-0.05, 0) is 30.5 Å². The zero-order valence-corrected chi connectivity index (χ0v) is 13.6. The fourth-order valence-corrected chi connectivity index (χ4v) is 2.79. The molecular weight excluding hydrogens is 344 g/mol. The zero-order valence-electron chi connectivity index (χ0n) is 11.3. The van der Waals surface area contributed by atoms with Crippen LogP contribution in [-0.2, 0) is 4.74 Å². The Labute approximate surface area is 133 Å². The van der Waals surface area contributed by atoms with E-state index in [9.17, 15) is 5.11 Å². The van der Waals surface area contributed by atoms with Crippen LogP contribution in [0.4, 0.5) is 0 Å². The van der Waals surface area contributed by atoms with E-state index in [4.69, 9.17) is 21.4 Å². The molecule has 1 fully saturated rings. The van der Waals surface area contributed by atoms with Crippen molar-refractivity contribution in [3.63, 3.8) is 0 Å². The molecule has 0 aromatic heterocycles. The third-order valence-corrected chi connectivity index (χ3v) is 3.82. The highest BCUT2D eigenvalue weighted by molar-refractivity contribution is 9.10. The standard InChI is InChI=1S/C11H12BrClO2.C4H8O/c12-10-5-7(13)1-2-9(10)11-6-8(14)3-4-15-11;1-2-3-4-5/h1-2,5,8,11,14H,3-4,6H2;2,5H,1,3-4H2.